The fourth-order valence-corrected chi connectivity index (χ4v) is 3.39. The number of hydrogen-bond acceptors (Lipinski definition) is 3. The van der Waals surface area contributed by atoms with Crippen molar-refractivity contribution in [3.05, 3.63) is 16.1 Å². The Morgan fingerprint density at radius 2 is 2.07 bits per heavy atom. The molecule has 1 heterocycles. The Labute approximate surface area is 95.9 Å². The van der Waals surface area contributed by atoms with E-state index in [0.717, 1.165) is 11.6 Å². The molecule has 1 atom stereocenters. The van der Waals surface area contributed by atoms with Crippen LogP contribution in [0.3, 0.4) is 0 Å². The molecule has 3 heteroatoms. The molecule has 0 saturated heterocycles. The average Bonchev–Trinajstić information content (AvgIpc) is 2.65. The van der Waals surface area contributed by atoms with E-state index < -0.39 is 0 Å². The molecule has 84 valence electrons. The molecule has 0 amide bonds. The van der Waals surface area contributed by atoms with Gasteiger partial charge in [-0.25, -0.2) is 4.98 Å². The average molecular weight is 224 g/mol. The second kappa shape index (κ2) is 4.62. The second-order valence-corrected chi connectivity index (χ2v) is 5.73. The van der Waals surface area contributed by atoms with Gasteiger partial charge >= 0.3 is 0 Å². The minimum Gasteiger partial charge on any atom is -0.323 e. The lowest BCUT2D eigenvalue weighted by Crippen LogP contribution is -2.25. The highest BCUT2D eigenvalue weighted by Gasteiger charge is 2.26. The molecular weight excluding hydrogens is 204 g/mol. The fourth-order valence-electron chi connectivity index (χ4n) is 2.49. The van der Waals surface area contributed by atoms with Gasteiger partial charge in [0.2, 0.25) is 0 Å². The third kappa shape index (κ3) is 2.40. The zero-order chi connectivity index (χ0) is 10.8. The molecule has 0 aromatic carbocycles. The molecule has 1 fully saturated rings. The van der Waals surface area contributed by atoms with Gasteiger partial charge in [0.05, 0.1) is 11.2 Å². The summed E-state index contributed by atoms with van der Waals surface area (Å²) >= 11 is 1.72. The molecule has 1 unspecified atom stereocenters. The maximum atomic E-state index is 6.33. The summed E-state index contributed by atoms with van der Waals surface area (Å²) in [6.07, 6.45) is 5.27. The highest BCUT2D eigenvalue weighted by Crippen LogP contribution is 2.37. The summed E-state index contributed by atoms with van der Waals surface area (Å²) in [6, 6.07) is 0.227. The molecule has 0 radical (unpaired) electrons. The maximum absolute atomic E-state index is 6.33. The van der Waals surface area contributed by atoms with Crippen LogP contribution in [0.15, 0.2) is 5.51 Å². The topological polar surface area (TPSA) is 38.9 Å². The third-order valence-electron chi connectivity index (χ3n) is 3.65. The lowest BCUT2D eigenvalue weighted by atomic mass is 9.79. The van der Waals surface area contributed by atoms with Gasteiger partial charge in [-0.1, -0.05) is 19.8 Å². The Hall–Kier alpha value is -0.410. The van der Waals surface area contributed by atoms with Crippen LogP contribution in [0.5, 0.6) is 0 Å². The van der Waals surface area contributed by atoms with Crippen LogP contribution in [-0.4, -0.2) is 4.98 Å². The van der Waals surface area contributed by atoms with E-state index in [1.165, 1.54) is 30.6 Å². The van der Waals surface area contributed by atoms with Crippen LogP contribution in [0, 0.1) is 18.8 Å². The molecule has 0 bridgehead atoms. The molecule has 15 heavy (non-hydrogen) atoms. The van der Waals surface area contributed by atoms with E-state index >= 15 is 0 Å². The molecule has 1 aromatic rings. The third-order valence-corrected chi connectivity index (χ3v) is 4.69. The fraction of sp³-hybridized carbons (Fsp3) is 0.750. The molecular formula is C12H20N2S. The Balaban J connectivity index is 2.02. The monoisotopic (exact) mass is 224 g/mol. The molecule has 2 N–H and O–H groups in total. The summed E-state index contributed by atoms with van der Waals surface area (Å²) in [4.78, 5) is 5.59. The van der Waals surface area contributed by atoms with E-state index in [4.69, 9.17) is 5.73 Å². The van der Waals surface area contributed by atoms with Crippen LogP contribution in [0.1, 0.15) is 49.2 Å². The van der Waals surface area contributed by atoms with Crippen LogP contribution in [0.25, 0.3) is 0 Å². The Morgan fingerprint density at radius 1 is 1.40 bits per heavy atom. The normalized spacial score (nSPS) is 29.0. The SMILES string of the molecule is Cc1ncsc1C(N)C1CCC(C)CC1. The first kappa shape index (κ1) is 11.1. The first-order valence-electron chi connectivity index (χ1n) is 5.84. The first-order chi connectivity index (χ1) is 7.18. The molecule has 1 aliphatic carbocycles. The number of rotatable bonds is 2. The molecule has 2 nitrogen and oxygen atoms in total. The number of nitrogens with zero attached hydrogens (tertiary/aromatic N) is 1. The maximum Gasteiger partial charge on any atom is 0.0798 e. The number of aromatic nitrogens is 1. The van der Waals surface area contributed by atoms with Crippen LogP contribution >= 0.6 is 11.3 Å². The van der Waals surface area contributed by atoms with Crippen molar-refractivity contribution >= 4 is 11.3 Å². The van der Waals surface area contributed by atoms with Crippen LogP contribution in [0.4, 0.5) is 0 Å². The van der Waals surface area contributed by atoms with Crippen molar-refractivity contribution in [1.29, 1.82) is 0 Å². The molecule has 2 rings (SSSR count). The number of hydrogen-bond donors (Lipinski definition) is 1. The first-order valence-corrected chi connectivity index (χ1v) is 6.72. The van der Waals surface area contributed by atoms with Crippen LogP contribution in [0.2, 0.25) is 0 Å². The summed E-state index contributed by atoms with van der Waals surface area (Å²) in [5.41, 5.74) is 9.37. The van der Waals surface area contributed by atoms with Crippen LogP contribution < -0.4 is 5.73 Å². The molecule has 1 saturated carbocycles. The van der Waals surface area contributed by atoms with E-state index in [0.29, 0.717) is 5.92 Å². The van der Waals surface area contributed by atoms with Gasteiger partial charge in [-0.15, -0.1) is 11.3 Å². The lowest BCUT2D eigenvalue weighted by molar-refractivity contribution is 0.257. The predicted molar refractivity (Wildman–Crippen MR) is 64.9 cm³/mol. The van der Waals surface area contributed by atoms with Crippen molar-refractivity contribution in [2.24, 2.45) is 17.6 Å². The van der Waals surface area contributed by atoms with Gasteiger partial charge in [0.1, 0.15) is 0 Å². The molecule has 1 aromatic heterocycles. The second-order valence-electron chi connectivity index (χ2n) is 4.85. The lowest BCUT2D eigenvalue weighted by Gasteiger charge is -2.30. The summed E-state index contributed by atoms with van der Waals surface area (Å²) < 4.78 is 0. The van der Waals surface area contributed by atoms with E-state index in [2.05, 4.69) is 18.8 Å². The summed E-state index contributed by atoms with van der Waals surface area (Å²) in [7, 11) is 0. The van der Waals surface area contributed by atoms with Crippen molar-refractivity contribution in [2.45, 2.75) is 45.6 Å². The van der Waals surface area contributed by atoms with Gasteiger partial charge < -0.3 is 5.73 Å². The zero-order valence-corrected chi connectivity index (χ0v) is 10.4. The van der Waals surface area contributed by atoms with E-state index in [1.807, 2.05) is 5.51 Å². The van der Waals surface area contributed by atoms with Gasteiger partial charge in [-0.3, -0.25) is 0 Å². The largest absolute Gasteiger partial charge is 0.323 e. The summed E-state index contributed by atoms with van der Waals surface area (Å²) in [6.45, 7) is 4.41. The van der Waals surface area contributed by atoms with E-state index in [1.54, 1.807) is 11.3 Å². The zero-order valence-electron chi connectivity index (χ0n) is 9.57. The van der Waals surface area contributed by atoms with Crippen molar-refractivity contribution in [1.82, 2.24) is 4.98 Å². The smallest absolute Gasteiger partial charge is 0.0798 e. The highest BCUT2D eigenvalue weighted by atomic mass is 32.1. The van der Waals surface area contributed by atoms with Gasteiger partial charge in [-0.05, 0) is 31.6 Å². The molecule has 1 aliphatic rings. The Morgan fingerprint density at radius 3 is 2.60 bits per heavy atom. The minimum absolute atomic E-state index is 0.227. The summed E-state index contributed by atoms with van der Waals surface area (Å²) in [5, 5.41) is 0. The van der Waals surface area contributed by atoms with Gasteiger partial charge in [-0.2, -0.15) is 0 Å². The molecule has 0 aliphatic heterocycles. The van der Waals surface area contributed by atoms with Crippen LogP contribution in [-0.2, 0) is 0 Å². The minimum atomic E-state index is 0.227. The van der Waals surface area contributed by atoms with Crippen molar-refractivity contribution in [2.75, 3.05) is 0 Å². The van der Waals surface area contributed by atoms with E-state index in [9.17, 15) is 0 Å². The predicted octanol–water partition coefficient (Wildman–Crippen LogP) is 3.28. The van der Waals surface area contributed by atoms with Crippen molar-refractivity contribution in [3.8, 4) is 0 Å². The number of aryl methyl sites for hydroxylation is 1. The van der Waals surface area contributed by atoms with Crippen molar-refractivity contribution in [3.63, 3.8) is 0 Å². The standard InChI is InChI=1S/C12H20N2S/c1-8-3-5-10(6-4-8)11(13)12-9(2)14-7-15-12/h7-8,10-11H,3-6,13H2,1-2H3. The highest BCUT2D eigenvalue weighted by molar-refractivity contribution is 7.09. The number of nitrogens with two attached hydrogens (primary N) is 1. The summed E-state index contributed by atoms with van der Waals surface area (Å²) in [5.74, 6) is 1.58. The van der Waals surface area contributed by atoms with Gasteiger partial charge in [0, 0.05) is 10.9 Å². The molecule has 0 spiro atoms. The quantitative estimate of drug-likeness (QED) is 0.837. The van der Waals surface area contributed by atoms with Gasteiger partial charge in [0.15, 0.2) is 0 Å². The Kier molecular flexibility index (Phi) is 3.42. The van der Waals surface area contributed by atoms with Gasteiger partial charge in [0.25, 0.3) is 0 Å². The van der Waals surface area contributed by atoms with Crippen molar-refractivity contribution < 1.29 is 0 Å². The number of thiazole rings is 1. The van der Waals surface area contributed by atoms with E-state index in [-0.39, 0.29) is 6.04 Å². The Bertz CT molecular complexity index is 313.